The van der Waals surface area contributed by atoms with Gasteiger partial charge in [-0.3, -0.25) is 19.2 Å². The monoisotopic (exact) mass is 434 g/mol. The van der Waals surface area contributed by atoms with Crippen molar-refractivity contribution >= 4 is 40.9 Å². The van der Waals surface area contributed by atoms with Crippen LogP contribution in [0.3, 0.4) is 0 Å². The number of carboxylic acids is 4. The van der Waals surface area contributed by atoms with Crippen LogP contribution in [0.4, 0.5) is 0 Å². The Morgan fingerprint density at radius 2 is 0.870 bits per heavy atom. The molecule has 0 saturated heterocycles. The first-order valence-electron chi connectivity index (χ1n) is 5.44. The molecule has 0 spiro atoms. The van der Waals surface area contributed by atoms with Gasteiger partial charge in [-0.1, -0.05) is 0 Å². The van der Waals surface area contributed by atoms with E-state index in [-0.39, 0.29) is 75.8 Å². The summed E-state index contributed by atoms with van der Waals surface area (Å²) in [5, 5.41) is 29.7. The molecule has 0 aliphatic rings. The molecule has 0 saturated carbocycles. The Balaban J connectivity index is -0.0000000216. The average molecular weight is 435 g/mol. The number of aliphatic carboxylic acids is 4. The Kier molecular flexibility index (Phi) is 71.5. The van der Waals surface area contributed by atoms with Crippen LogP contribution in [-0.4, -0.2) is 56.9 Å². The number of carbonyl (C=O) groups is 4. The summed E-state index contributed by atoms with van der Waals surface area (Å²) in [7, 11) is 0. The molecule has 0 bridgehead atoms. The van der Waals surface area contributed by atoms with Crippen LogP contribution in [0.1, 0.15) is 36.0 Å². The average Bonchev–Trinajstić information content (AvgIpc) is 2.13. The second kappa shape index (κ2) is 37.8. The zero-order chi connectivity index (χ0) is 18.6. The Bertz CT molecular complexity index is 233. The SMILES string of the molecule is Br.CC(=O)O.CC(=O)O.CC(=O)O.CC(=O)O.CC(N)CN.[H-].[K+]. The standard InChI is InChI=1S/C3H10N2.4C2H4O2.BrH.K.H/c1-3(5)2-4;4*1-2(3)4;;;/h3H,2,4-5H2,1H3;4*1H3,(H,3,4);1H;;/q;;;;;;+1;-1. The molecule has 138 valence electrons. The number of nitrogens with two attached hydrogens (primary N) is 2. The molecule has 1 atom stereocenters. The first kappa shape index (κ1) is 43.5. The summed E-state index contributed by atoms with van der Waals surface area (Å²) in [6, 6.07) is 0.162. The maximum absolute atomic E-state index is 9.00. The van der Waals surface area contributed by atoms with Crippen LogP contribution in [0.2, 0.25) is 0 Å². The minimum Gasteiger partial charge on any atom is -1.00 e. The fourth-order valence-corrected chi connectivity index (χ4v) is 0. The number of rotatable bonds is 1. The minimum atomic E-state index is -0.833. The normalized spacial score (nSPS) is 7.61. The number of halogens is 1. The third-order valence-electron chi connectivity index (χ3n) is 0.372. The minimum absolute atomic E-state index is 0. The predicted molar refractivity (Wildman–Crippen MR) is 87.4 cm³/mol. The van der Waals surface area contributed by atoms with Crippen molar-refractivity contribution in [2.24, 2.45) is 11.5 Å². The van der Waals surface area contributed by atoms with Gasteiger partial charge < -0.3 is 33.3 Å². The van der Waals surface area contributed by atoms with Crippen LogP contribution in [-0.2, 0) is 19.2 Å². The number of carboxylic acid groups (broad SMARTS) is 4. The third-order valence-corrected chi connectivity index (χ3v) is 0.372. The van der Waals surface area contributed by atoms with Gasteiger partial charge in [-0.2, -0.15) is 0 Å². The molecule has 10 nitrogen and oxygen atoms in total. The topological polar surface area (TPSA) is 201 Å². The van der Waals surface area contributed by atoms with E-state index in [0.717, 1.165) is 27.7 Å². The first-order chi connectivity index (χ1) is 9.20. The van der Waals surface area contributed by atoms with Crippen molar-refractivity contribution < 1.29 is 92.4 Å². The summed E-state index contributed by atoms with van der Waals surface area (Å²) in [5.41, 5.74) is 10.2. The molecular weight excluding hydrogens is 407 g/mol. The second-order valence-corrected chi connectivity index (χ2v) is 3.29. The number of hydrogen-bond acceptors (Lipinski definition) is 6. The van der Waals surface area contributed by atoms with E-state index in [1.165, 1.54) is 0 Å². The number of hydrogen-bond donors (Lipinski definition) is 6. The Hall–Kier alpha value is -0.0836. The van der Waals surface area contributed by atoms with Crippen molar-refractivity contribution in [3.8, 4) is 0 Å². The molecule has 1 unspecified atom stereocenters. The molecule has 0 radical (unpaired) electrons. The van der Waals surface area contributed by atoms with Crippen molar-refractivity contribution in [1.29, 1.82) is 0 Å². The van der Waals surface area contributed by atoms with Gasteiger partial charge in [-0.25, -0.2) is 0 Å². The van der Waals surface area contributed by atoms with Gasteiger partial charge in [-0.05, 0) is 6.92 Å². The molecule has 0 rings (SSSR count). The van der Waals surface area contributed by atoms with Crippen LogP contribution < -0.4 is 62.9 Å². The van der Waals surface area contributed by atoms with E-state index >= 15 is 0 Å². The molecule has 0 aromatic heterocycles. The summed E-state index contributed by atoms with van der Waals surface area (Å²) < 4.78 is 0. The Morgan fingerprint density at radius 3 is 0.870 bits per heavy atom. The first-order valence-corrected chi connectivity index (χ1v) is 5.44. The van der Waals surface area contributed by atoms with Gasteiger partial charge in [0.2, 0.25) is 0 Å². The van der Waals surface area contributed by atoms with E-state index in [0.29, 0.717) is 6.54 Å². The van der Waals surface area contributed by atoms with Gasteiger partial charge >= 0.3 is 51.4 Å². The van der Waals surface area contributed by atoms with Crippen LogP contribution in [0.5, 0.6) is 0 Å². The summed E-state index contributed by atoms with van der Waals surface area (Å²) in [6.07, 6.45) is 0. The molecule has 0 aliphatic heterocycles. The Labute approximate surface area is 190 Å². The van der Waals surface area contributed by atoms with E-state index < -0.39 is 23.9 Å². The maximum Gasteiger partial charge on any atom is 1.00 e. The molecule has 0 aromatic carbocycles. The van der Waals surface area contributed by atoms with Crippen molar-refractivity contribution in [3.05, 3.63) is 0 Å². The Morgan fingerprint density at radius 1 is 0.826 bits per heavy atom. The summed E-state index contributed by atoms with van der Waals surface area (Å²) in [6.45, 7) is 6.79. The van der Waals surface area contributed by atoms with Crippen LogP contribution >= 0.6 is 17.0 Å². The van der Waals surface area contributed by atoms with Crippen LogP contribution in [0.15, 0.2) is 0 Å². The van der Waals surface area contributed by atoms with Gasteiger partial charge in [0.25, 0.3) is 23.9 Å². The van der Waals surface area contributed by atoms with Crippen molar-refractivity contribution in [3.63, 3.8) is 0 Å². The van der Waals surface area contributed by atoms with Crippen molar-refractivity contribution in [1.82, 2.24) is 0 Å². The van der Waals surface area contributed by atoms with Gasteiger partial charge in [0.1, 0.15) is 0 Å². The molecule has 23 heavy (non-hydrogen) atoms. The largest absolute Gasteiger partial charge is 1.00 e. The van der Waals surface area contributed by atoms with Crippen molar-refractivity contribution in [2.45, 2.75) is 40.7 Å². The van der Waals surface area contributed by atoms with Crippen molar-refractivity contribution in [2.75, 3.05) is 6.54 Å². The zero-order valence-corrected chi connectivity index (χ0v) is 19.1. The van der Waals surface area contributed by atoms with E-state index in [2.05, 4.69) is 0 Å². The maximum atomic E-state index is 9.00. The van der Waals surface area contributed by atoms with Gasteiger partial charge in [0.15, 0.2) is 0 Å². The quantitative estimate of drug-likeness (QED) is 0.236. The molecule has 0 fully saturated rings. The molecule has 0 amide bonds. The molecule has 8 N–H and O–H groups in total. The summed E-state index contributed by atoms with van der Waals surface area (Å²) in [5.74, 6) is -3.33. The van der Waals surface area contributed by atoms with E-state index in [1.807, 2.05) is 6.92 Å². The molecule has 0 aliphatic carbocycles. The summed E-state index contributed by atoms with van der Waals surface area (Å²) in [4.78, 5) is 36.0. The van der Waals surface area contributed by atoms with Crippen LogP contribution in [0, 0.1) is 0 Å². The van der Waals surface area contributed by atoms with Gasteiger partial charge in [0.05, 0.1) is 0 Å². The van der Waals surface area contributed by atoms with Gasteiger partial charge in [0, 0.05) is 40.3 Å². The molecule has 0 heterocycles. The zero-order valence-electron chi connectivity index (χ0n) is 15.3. The molecular formula is C11H28BrKN2O8. The third kappa shape index (κ3) is 2370. The molecule has 0 aromatic rings. The summed E-state index contributed by atoms with van der Waals surface area (Å²) >= 11 is 0. The van der Waals surface area contributed by atoms with E-state index in [9.17, 15) is 0 Å². The van der Waals surface area contributed by atoms with E-state index in [4.69, 9.17) is 51.1 Å². The fourth-order valence-electron chi connectivity index (χ4n) is 0. The second-order valence-electron chi connectivity index (χ2n) is 3.29. The molecule has 12 heteroatoms. The van der Waals surface area contributed by atoms with Gasteiger partial charge in [-0.15, -0.1) is 17.0 Å². The smallest absolute Gasteiger partial charge is 1.00 e. The fraction of sp³-hybridized carbons (Fsp3) is 0.636. The van der Waals surface area contributed by atoms with Crippen LogP contribution in [0.25, 0.3) is 0 Å². The van der Waals surface area contributed by atoms with E-state index in [1.54, 1.807) is 0 Å². The predicted octanol–water partition coefficient (Wildman–Crippen LogP) is -2.65.